The van der Waals surface area contributed by atoms with Gasteiger partial charge in [-0.15, -0.1) is 0 Å². The minimum Gasteiger partial charge on any atom is -0.388 e. The number of hydrogen-bond donors (Lipinski definition) is 1. The van der Waals surface area contributed by atoms with Gasteiger partial charge in [0, 0.05) is 5.75 Å². The van der Waals surface area contributed by atoms with Gasteiger partial charge in [-0.25, -0.2) is 0 Å². The van der Waals surface area contributed by atoms with Crippen molar-refractivity contribution >= 4 is 40.3 Å². The van der Waals surface area contributed by atoms with Crippen LogP contribution in [0.4, 0.5) is 0 Å². The number of carbonyl (C=O) groups is 1. The predicted molar refractivity (Wildman–Crippen MR) is 112 cm³/mol. The Morgan fingerprint density at radius 1 is 1.19 bits per heavy atom. The number of thioether (sulfide) groups is 1. The summed E-state index contributed by atoms with van der Waals surface area (Å²) in [7, 11) is 0. The molecule has 3 rings (SSSR count). The molecule has 1 aliphatic rings. The Kier molecular flexibility index (Phi) is 6.61. The lowest BCUT2D eigenvalue weighted by Crippen LogP contribution is -2.41. The van der Waals surface area contributed by atoms with Crippen molar-refractivity contribution < 1.29 is 9.90 Å². The first-order chi connectivity index (χ1) is 12.6. The lowest BCUT2D eigenvalue weighted by molar-refractivity contribution is -0.129. The SMILES string of the molecule is O=C(CC(O)/C=C/c1ccccc1)N1C(=S)SC[C@@H]1Cc1ccccc1. The van der Waals surface area contributed by atoms with E-state index in [9.17, 15) is 9.90 Å². The van der Waals surface area contributed by atoms with Crippen LogP contribution < -0.4 is 0 Å². The number of rotatable bonds is 6. The van der Waals surface area contributed by atoms with Crippen molar-refractivity contribution in [2.24, 2.45) is 0 Å². The number of aliphatic hydroxyl groups excluding tert-OH is 1. The highest BCUT2D eigenvalue weighted by molar-refractivity contribution is 8.23. The minimum absolute atomic E-state index is 0.0370. The molecular weight excluding hydrogens is 362 g/mol. The largest absolute Gasteiger partial charge is 0.388 e. The Morgan fingerprint density at radius 3 is 2.54 bits per heavy atom. The first-order valence-electron chi connectivity index (χ1n) is 8.57. The smallest absolute Gasteiger partial charge is 0.231 e. The van der Waals surface area contributed by atoms with Gasteiger partial charge in [-0.05, 0) is 17.5 Å². The van der Waals surface area contributed by atoms with E-state index in [-0.39, 0.29) is 18.4 Å². The van der Waals surface area contributed by atoms with Gasteiger partial charge in [-0.3, -0.25) is 9.69 Å². The summed E-state index contributed by atoms with van der Waals surface area (Å²) in [5, 5.41) is 10.2. The summed E-state index contributed by atoms with van der Waals surface area (Å²) in [6.45, 7) is 0. The maximum absolute atomic E-state index is 12.7. The van der Waals surface area contributed by atoms with Crippen LogP contribution in [0.2, 0.25) is 0 Å². The molecule has 3 nitrogen and oxygen atoms in total. The van der Waals surface area contributed by atoms with Crippen molar-refractivity contribution in [2.45, 2.75) is 25.0 Å². The molecule has 0 aromatic heterocycles. The van der Waals surface area contributed by atoms with E-state index in [0.29, 0.717) is 4.32 Å². The number of nitrogens with zero attached hydrogens (tertiary/aromatic N) is 1. The first-order valence-corrected chi connectivity index (χ1v) is 9.97. The highest BCUT2D eigenvalue weighted by Gasteiger charge is 2.34. The number of hydrogen-bond acceptors (Lipinski definition) is 4. The van der Waals surface area contributed by atoms with Gasteiger partial charge in [0.2, 0.25) is 5.91 Å². The van der Waals surface area contributed by atoms with E-state index in [1.807, 2.05) is 54.6 Å². The molecule has 0 spiro atoms. The molecule has 0 saturated carbocycles. The van der Waals surface area contributed by atoms with Crippen molar-refractivity contribution in [3.05, 3.63) is 77.9 Å². The molecule has 2 aromatic carbocycles. The van der Waals surface area contributed by atoms with Crippen molar-refractivity contribution in [1.82, 2.24) is 4.90 Å². The normalized spacial score (nSPS) is 18.4. The van der Waals surface area contributed by atoms with Crippen LogP contribution in [0.5, 0.6) is 0 Å². The monoisotopic (exact) mass is 383 g/mol. The molecular formula is C21H21NO2S2. The molecule has 1 amide bonds. The Bertz CT molecular complexity index is 777. The Morgan fingerprint density at radius 2 is 1.85 bits per heavy atom. The zero-order chi connectivity index (χ0) is 18.4. The molecule has 26 heavy (non-hydrogen) atoms. The second kappa shape index (κ2) is 9.12. The zero-order valence-electron chi connectivity index (χ0n) is 14.3. The van der Waals surface area contributed by atoms with Crippen molar-refractivity contribution in [3.8, 4) is 0 Å². The Hall–Kier alpha value is -1.95. The standard InChI is InChI=1S/C21H21NO2S2/c23-19(12-11-16-7-3-1-4-8-16)14-20(24)22-18(15-26-21(22)25)13-17-9-5-2-6-10-17/h1-12,18-19,23H,13-15H2/b12-11+/t18-,19?/m0/s1. The lowest BCUT2D eigenvalue weighted by atomic mass is 10.1. The molecule has 1 fully saturated rings. The van der Waals surface area contributed by atoms with Crippen LogP contribution in [-0.2, 0) is 11.2 Å². The van der Waals surface area contributed by atoms with Gasteiger partial charge < -0.3 is 5.11 Å². The molecule has 0 radical (unpaired) electrons. The molecule has 2 atom stereocenters. The zero-order valence-corrected chi connectivity index (χ0v) is 16.0. The van der Waals surface area contributed by atoms with Gasteiger partial charge in [0.15, 0.2) is 0 Å². The third kappa shape index (κ3) is 5.04. The first kappa shape index (κ1) is 18.8. The number of aliphatic hydroxyl groups is 1. The number of benzene rings is 2. The van der Waals surface area contributed by atoms with Crippen molar-refractivity contribution in [2.75, 3.05) is 5.75 Å². The summed E-state index contributed by atoms with van der Waals surface area (Å²) < 4.78 is 0.607. The van der Waals surface area contributed by atoms with E-state index in [4.69, 9.17) is 12.2 Å². The molecule has 1 aliphatic heterocycles. The summed E-state index contributed by atoms with van der Waals surface area (Å²) >= 11 is 6.91. The van der Waals surface area contributed by atoms with Gasteiger partial charge in [-0.2, -0.15) is 0 Å². The third-order valence-electron chi connectivity index (χ3n) is 4.24. The molecule has 0 bridgehead atoms. The van der Waals surface area contributed by atoms with Gasteiger partial charge in [0.25, 0.3) is 0 Å². The quantitative estimate of drug-likeness (QED) is 0.768. The lowest BCUT2D eigenvalue weighted by Gasteiger charge is -2.24. The van der Waals surface area contributed by atoms with Crippen molar-refractivity contribution in [1.29, 1.82) is 0 Å². The summed E-state index contributed by atoms with van der Waals surface area (Å²) in [4.78, 5) is 14.4. The summed E-state index contributed by atoms with van der Waals surface area (Å²) in [6, 6.07) is 19.9. The molecule has 1 heterocycles. The number of carbonyl (C=O) groups excluding carboxylic acids is 1. The summed E-state index contributed by atoms with van der Waals surface area (Å²) in [5.74, 6) is 0.682. The van der Waals surface area contributed by atoms with Crippen LogP contribution in [0.1, 0.15) is 17.5 Å². The van der Waals surface area contributed by atoms with Crippen LogP contribution in [0.15, 0.2) is 66.7 Å². The summed E-state index contributed by atoms with van der Waals surface area (Å²) in [6.07, 6.45) is 3.47. The van der Waals surface area contributed by atoms with E-state index in [2.05, 4.69) is 12.1 Å². The molecule has 1 saturated heterocycles. The molecule has 1 unspecified atom stereocenters. The third-order valence-corrected chi connectivity index (χ3v) is 5.78. The number of thiocarbonyl (C=S) groups is 1. The molecule has 2 aromatic rings. The Balaban J connectivity index is 1.61. The topological polar surface area (TPSA) is 40.5 Å². The fraction of sp³-hybridized carbons (Fsp3) is 0.238. The van der Waals surface area contributed by atoms with E-state index < -0.39 is 6.10 Å². The van der Waals surface area contributed by atoms with Gasteiger partial charge in [0.05, 0.1) is 18.6 Å². The van der Waals surface area contributed by atoms with Crippen molar-refractivity contribution in [3.63, 3.8) is 0 Å². The average molecular weight is 384 g/mol. The van der Waals surface area contributed by atoms with E-state index in [0.717, 1.165) is 17.7 Å². The van der Waals surface area contributed by atoms with E-state index in [1.54, 1.807) is 11.0 Å². The summed E-state index contributed by atoms with van der Waals surface area (Å²) in [5.41, 5.74) is 2.18. The molecule has 0 aliphatic carbocycles. The van der Waals surface area contributed by atoms with Gasteiger partial charge >= 0.3 is 0 Å². The van der Waals surface area contributed by atoms with Crippen LogP contribution >= 0.6 is 24.0 Å². The fourth-order valence-corrected chi connectivity index (χ4v) is 4.38. The van der Waals surface area contributed by atoms with E-state index >= 15 is 0 Å². The van der Waals surface area contributed by atoms with Gasteiger partial charge in [0.1, 0.15) is 4.32 Å². The molecule has 1 N–H and O–H groups in total. The second-order valence-corrected chi connectivity index (χ2v) is 7.88. The van der Waals surface area contributed by atoms with Gasteiger partial charge in [-0.1, -0.05) is 96.8 Å². The minimum atomic E-state index is -0.825. The highest BCUT2D eigenvalue weighted by Crippen LogP contribution is 2.28. The van der Waals surface area contributed by atoms with E-state index in [1.165, 1.54) is 17.3 Å². The van der Waals surface area contributed by atoms with Crippen LogP contribution in [-0.4, -0.2) is 38.1 Å². The number of amides is 1. The highest BCUT2D eigenvalue weighted by atomic mass is 32.2. The second-order valence-electron chi connectivity index (χ2n) is 6.23. The predicted octanol–water partition coefficient (Wildman–Crippen LogP) is 3.92. The molecule has 5 heteroatoms. The fourth-order valence-electron chi connectivity index (χ4n) is 2.93. The maximum Gasteiger partial charge on any atom is 0.231 e. The maximum atomic E-state index is 12.7. The van der Waals surface area contributed by atoms with Crippen LogP contribution in [0, 0.1) is 0 Å². The molecule has 134 valence electrons. The Labute approximate surface area is 163 Å². The van der Waals surface area contributed by atoms with Crippen LogP contribution in [0.3, 0.4) is 0 Å². The van der Waals surface area contributed by atoms with Crippen LogP contribution in [0.25, 0.3) is 6.08 Å². The average Bonchev–Trinajstić information content (AvgIpc) is 3.02.